The number of carbonyl (C=O) groups is 1. The monoisotopic (exact) mass is 259 g/mol. The Hall–Kier alpha value is -1.99. The molecule has 4 nitrogen and oxygen atoms in total. The molecule has 0 N–H and O–H groups in total. The minimum absolute atomic E-state index is 0.0186. The Kier molecular flexibility index (Phi) is 4.43. The van der Waals surface area contributed by atoms with Gasteiger partial charge in [0.2, 0.25) is 5.91 Å². The van der Waals surface area contributed by atoms with Gasteiger partial charge in [-0.25, -0.2) is 0 Å². The molecule has 0 aromatic heterocycles. The molecule has 2 rings (SSSR count). The Morgan fingerprint density at radius 3 is 2.68 bits per heavy atom. The average molecular weight is 259 g/mol. The van der Waals surface area contributed by atoms with Gasteiger partial charge in [0.15, 0.2) is 0 Å². The summed E-state index contributed by atoms with van der Waals surface area (Å²) in [6.45, 7) is 1.66. The summed E-state index contributed by atoms with van der Waals surface area (Å²) < 4.78 is 10.4. The molecule has 1 atom stereocenters. The number of hydrogen-bond donors (Lipinski definition) is 0. The summed E-state index contributed by atoms with van der Waals surface area (Å²) >= 11 is 0. The van der Waals surface area contributed by atoms with Gasteiger partial charge in [-0.3, -0.25) is 4.79 Å². The van der Waals surface area contributed by atoms with Crippen molar-refractivity contribution < 1.29 is 14.3 Å². The Balaban J connectivity index is 1.99. The third-order valence-electron chi connectivity index (χ3n) is 3.07. The lowest BCUT2D eigenvalue weighted by atomic mass is 10.1. The number of methoxy groups -OCH3 is 1. The number of rotatable bonds is 5. The van der Waals surface area contributed by atoms with Crippen LogP contribution in [0.25, 0.3) is 0 Å². The van der Waals surface area contributed by atoms with Crippen molar-refractivity contribution in [2.45, 2.75) is 6.42 Å². The maximum absolute atomic E-state index is 11.8. The van der Waals surface area contributed by atoms with Crippen LogP contribution in [0.4, 0.5) is 5.69 Å². The molecule has 1 aliphatic heterocycles. The van der Waals surface area contributed by atoms with E-state index < -0.39 is 0 Å². The first kappa shape index (κ1) is 13.4. The summed E-state index contributed by atoms with van der Waals surface area (Å²) in [6, 6.07) is 7.45. The third kappa shape index (κ3) is 3.27. The lowest BCUT2D eigenvalue weighted by Gasteiger charge is -2.16. The summed E-state index contributed by atoms with van der Waals surface area (Å²) in [5.41, 5.74) is 0.863. The van der Waals surface area contributed by atoms with Crippen LogP contribution in [0.3, 0.4) is 0 Å². The summed E-state index contributed by atoms with van der Waals surface area (Å²) in [7, 11) is 1.63. The fourth-order valence-electron chi connectivity index (χ4n) is 2.03. The number of anilines is 1. The highest BCUT2D eigenvalue weighted by Crippen LogP contribution is 2.26. The van der Waals surface area contributed by atoms with E-state index in [-0.39, 0.29) is 11.8 Å². The zero-order valence-corrected chi connectivity index (χ0v) is 11.0. The van der Waals surface area contributed by atoms with Gasteiger partial charge in [-0.1, -0.05) is 0 Å². The fourth-order valence-corrected chi connectivity index (χ4v) is 2.03. The fraction of sp³-hybridized carbons (Fsp3) is 0.400. The standard InChI is InChI=1S/C15H17NO3/c1-3-12-10-15(17)16(11-12)13-4-6-14(7-5-13)19-9-8-18-2/h1,4-7,12H,8-11H2,2H3. The highest BCUT2D eigenvalue weighted by molar-refractivity contribution is 5.96. The zero-order chi connectivity index (χ0) is 13.7. The van der Waals surface area contributed by atoms with Crippen LogP contribution >= 0.6 is 0 Å². The maximum Gasteiger partial charge on any atom is 0.228 e. The molecule has 0 radical (unpaired) electrons. The van der Waals surface area contributed by atoms with E-state index in [4.69, 9.17) is 15.9 Å². The van der Waals surface area contributed by atoms with Crippen molar-refractivity contribution in [2.24, 2.45) is 5.92 Å². The predicted octanol–water partition coefficient (Wildman–Crippen LogP) is 1.70. The average Bonchev–Trinajstić information content (AvgIpc) is 2.81. The number of nitrogens with zero attached hydrogens (tertiary/aromatic N) is 1. The first-order chi connectivity index (χ1) is 9.24. The van der Waals surface area contributed by atoms with E-state index in [0.29, 0.717) is 26.2 Å². The molecule has 1 aromatic rings. The van der Waals surface area contributed by atoms with E-state index in [1.807, 2.05) is 24.3 Å². The van der Waals surface area contributed by atoms with Crippen molar-refractivity contribution in [3.63, 3.8) is 0 Å². The van der Waals surface area contributed by atoms with Crippen molar-refractivity contribution >= 4 is 11.6 Å². The predicted molar refractivity (Wildman–Crippen MR) is 73.1 cm³/mol. The van der Waals surface area contributed by atoms with Crippen molar-refractivity contribution in [3.05, 3.63) is 24.3 Å². The molecule has 0 spiro atoms. The Morgan fingerprint density at radius 2 is 2.11 bits per heavy atom. The summed E-state index contributed by atoms with van der Waals surface area (Å²) in [4.78, 5) is 13.5. The van der Waals surface area contributed by atoms with E-state index in [1.165, 1.54) is 0 Å². The Labute approximate surface area is 113 Å². The summed E-state index contributed by atoms with van der Waals surface area (Å²) in [6.07, 6.45) is 5.80. The lowest BCUT2D eigenvalue weighted by molar-refractivity contribution is -0.117. The van der Waals surface area contributed by atoms with Gasteiger partial charge in [-0.05, 0) is 24.3 Å². The topological polar surface area (TPSA) is 38.8 Å². The highest BCUT2D eigenvalue weighted by atomic mass is 16.5. The Morgan fingerprint density at radius 1 is 1.37 bits per heavy atom. The molecule has 1 amide bonds. The van der Waals surface area contributed by atoms with Crippen LogP contribution in [0.2, 0.25) is 0 Å². The molecular weight excluding hydrogens is 242 g/mol. The minimum Gasteiger partial charge on any atom is -0.491 e. The summed E-state index contributed by atoms with van der Waals surface area (Å²) in [5, 5.41) is 0. The van der Waals surface area contributed by atoms with E-state index in [2.05, 4.69) is 5.92 Å². The van der Waals surface area contributed by atoms with Gasteiger partial charge in [-0.2, -0.15) is 0 Å². The highest BCUT2D eigenvalue weighted by Gasteiger charge is 2.29. The molecule has 1 saturated heterocycles. The minimum atomic E-state index is 0.0186. The molecule has 1 heterocycles. The molecule has 19 heavy (non-hydrogen) atoms. The van der Waals surface area contributed by atoms with E-state index in [9.17, 15) is 4.79 Å². The van der Waals surface area contributed by atoms with Gasteiger partial charge in [0.25, 0.3) is 0 Å². The second kappa shape index (κ2) is 6.26. The van der Waals surface area contributed by atoms with Crippen LogP contribution in [-0.2, 0) is 9.53 Å². The number of carbonyl (C=O) groups excluding carboxylic acids is 1. The van der Waals surface area contributed by atoms with Crippen molar-refractivity contribution in [2.75, 3.05) is 31.8 Å². The second-order valence-electron chi connectivity index (χ2n) is 4.41. The first-order valence-electron chi connectivity index (χ1n) is 6.23. The molecular formula is C15H17NO3. The maximum atomic E-state index is 11.8. The smallest absolute Gasteiger partial charge is 0.228 e. The number of ether oxygens (including phenoxy) is 2. The van der Waals surface area contributed by atoms with Crippen LogP contribution in [0, 0.1) is 18.3 Å². The number of terminal acetylenes is 1. The first-order valence-corrected chi connectivity index (χ1v) is 6.23. The van der Waals surface area contributed by atoms with Gasteiger partial charge in [-0.15, -0.1) is 12.3 Å². The van der Waals surface area contributed by atoms with Crippen LogP contribution in [0.1, 0.15) is 6.42 Å². The number of benzene rings is 1. The van der Waals surface area contributed by atoms with Crippen molar-refractivity contribution in [3.8, 4) is 18.1 Å². The molecule has 100 valence electrons. The number of hydrogen-bond acceptors (Lipinski definition) is 3. The molecule has 4 heteroatoms. The van der Waals surface area contributed by atoms with Crippen LogP contribution in [-0.4, -0.2) is 32.8 Å². The molecule has 1 aromatic carbocycles. The van der Waals surface area contributed by atoms with E-state index in [1.54, 1.807) is 12.0 Å². The van der Waals surface area contributed by atoms with Crippen LogP contribution < -0.4 is 9.64 Å². The van der Waals surface area contributed by atoms with Crippen LogP contribution in [0.15, 0.2) is 24.3 Å². The number of amides is 1. The lowest BCUT2D eigenvalue weighted by Crippen LogP contribution is -2.24. The normalized spacial score (nSPS) is 18.4. The van der Waals surface area contributed by atoms with Gasteiger partial charge in [0.05, 0.1) is 6.61 Å². The van der Waals surface area contributed by atoms with Crippen molar-refractivity contribution in [1.29, 1.82) is 0 Å². The summed E-state index contributed by atoms with van der Waals surface area (Å²) in [5.74, 6) is 3.50. The molecule has 1 fully saturated rings. The van der Waals surface area contributed by atoms with Gasteiger partial charge < -0.3 is 14.4 Å². The molecule has 0 saturated carbocycles. The quantitative estimate of drug-likeness (QED) is 0.597. The third-order valence-corrected chi connectivity index (χ3v) is 3.07. The van der Waals surface area contributed by atoms with Crippen LogP contribution in [0.5, 0.6) is 5.75 Å². The molecule has 1 aliphatic rings. The van der Waals surface area contributed by atoms with Gasteiger partial charge >= 0.3 is 0 Å². The van der Waals surface area contributed by atoms with Gasteiger partial charge in [0, 0.05) is 31.7 Å². The molecule has 0 aliphatic carbocycles. The van der Waals surface area contributed by atoms with E-state index in [0.717, 1.165) is 11.4 Å². The molecule has 0 bridgehead atoms. The van der Waals surface area contributed by atoms with Crippen molar-refractivity contribution in [1.82, 2.24) is 0 Å². The van der Waals surface area contributed by atoms with E-state index >= 15 is 0 Å². The SMILES string of the molecule is C#CC1CC(=O)N(c2ccc(OCCOC)cc2)C1. The van der Waals surface area contributed by atoms with Gasteiger partial charge in [0.1, 0.15) is 12.4 Å². The second-order valence-corrected chi connectivity index (χ2v) is 4.41. The zero-order valence-electron chi connectivity index (χ0n) is 11.0. The largest absolute Gasteiger partial charge is 0.491 e. The molecule has 1 unspecified atom stereocenters. The Bertz CT molecular complexity index is 475.